The Morgan fingerprint density at radius 3 is 2.27 bits per heavy atom. The Labute approximate surface area is 195 Å². The molecule has 1 N–H and O–H groups in total. The van der Waals surface area contributed by atoms with Crippen molar-refractivity contribution < 1.29 is 19.1 Å². The van der Waals surface area contributed by atoms with E-state index in [2.05, 4.69) is 12.2 Å². The number of barbiturate groups is 1. The average molecular weight is 449 g/mol. The molecular formula is C27H32N2O4. The molecule has 174 valence electrons. The smallest absolute Gasteiger partial charge is 0.335 e. The third kappa shape index (κ3) is 6.31. The molecule has 2 aromatic carbocycles. The summed E-state index contributed by atoms with van der Waals surface area (Å²) >= 11 is 0. The maximum atomic E-state index is 13.0. The first kappa shape index (κ1) is 24.2. The van der Waals surface area contributed by atoms with Crippen LogP contribution in [0.4, 0.5) is 10.5 Å². The van der Waals surface area contributed by atoms with Crippen LogP contribution in [0.25, 0.3) is 6.08 Å². The van der Waals surface area contributed by atoms with Crippen molar-refractivity contribution in [1.29, 1.82) is 0 Å². The van der Waals surface area contributed by atoms with Crippen LogP contribution in [0, 0.1) is 13.8 Å². The van der Waals surface area contributed by atoms with E-state index >= 15 is 0 Å². The molecule has 1 fully saturated rings. The van der Waals surface area contributed by atoms with Gasteiger partial charge in [0.05, 0.1) is 12.3 Å². The van der Waals surface area contributed by atoms with E-state index in [1.54, 1.807) is 24.3 Å². The van der Waals surface area contributed by atoms with Crippen LogP contribution in [0.2, 0.25) is 0 Å². The molecule has 0 spiro atoms. The van der Waals surface area contributed by atoms with Crippen molar-refractivity contribution in [3.63, 3.8) is 0 Å². The SMILES string of the molecule is CCCCCCCCOc1ccc(/C=C2/C(=O)NC(=O)N(c3ccc(C)c(C)c3)C2=O)cc1. The number of urea groups is 1. The molecule has 0 aliphatic carbocycles. The summed E-state index contributed by atoms with van der Waals surface area (Å²) in [5.41, 5.74) is 3.02. The van der Waals surface area contributed by atoms with Gasteiger partial charge in [0, 0.05) is 0 Å². The molecule has 3 rings (SSSR count). The van der Waals surface area contributed by atoms with Crippen molar-refractivity contribution >= 4 is 29.6 Å². The fraction of sp³-hybridized carbons (Fsp3) is 0.370. The molecule has 0 bridgehead atoms. The monoisotopic (exact) mass is 448 g/mol. The number of hydrogen-bond donors (Lipinski definition) is 1. The Bertz CT molecular complexity index is 1040. The Morgan fingerprint density at radius 1 is 0.879 bits per heavy atom. The van der Waals surface area contributed by atoms with Gasteiger partial charge >= 0.3 is 6.03 Å². The summed E-state index contributed by atoms with van der Waals surface area (Å²) in [5, 5.41) is 2.26. The van der Waals surface area contributed by atoms with Crippen molar-refractivity contribution in [2.45, 2.75) is 59.3 Å². The summed E-state index contributed by atoms with van der Waals surface area (Å²) in [5.74, 6) is -0.596. The van der Waals surface area contributed by atoms with Crippen LogP contribution >= 0.6 is 0 Å². The summed E-state index contributed by atoms with van der Waals surface area (Å²) in [6.45, 7) is 6.73. The Morgan fingerprint density at radius 2 is 1.58 bits per heavy atom. The molecule has 6 heteroatoms. The number of rotatable bonds is 10. The molecule has 6 nitrogen and oxygen atoms in total. The van der Waals surface area contributed by atoms with Crippen LogP contribution in [0.15, 0.2) is 48.0 Å². The lowest BCUT2D eigenvalue weighted by atomic mass is 10.1. The number of carbonyl (C=O) groups is 3. The minimum Gasteiger partial charge on any atom is -0.494 e. The van der Waals surface area contributed by atoms with Crippen LogP contribution in [-0.2, 0) is 9.59 Å². The fourth-order valence-corrected chi connectivity index (χ4v) is 3.66. The van der Waals surface area contributed by atoms with Crippen LogP contribution in [0.1, 0.15) is 62.1 Å². The predicted molar refractivity (Wildman–Crippen MR) is 130 cm³/mol. The normalized spacial score (nSPS) is 15.2. The van der Waals surface area contributed by atoms with E-state index in [1.807, 2.05) is 32.0 Å². The van der Waals surface area contributed by atoms with Crippen LogP contribution in [0.3, 0.4) is 0 Å². The molecular weight excluding hydrogens is 416 g/mol. The van der Waals surface area contributed by atoms with Gasteiger partial charge in [-0.25, -0.2) is 9.69 Å². The van der Waals surface area contributed by atoms with E-state index in [0.717, 1.165) is 34.6 Å². The molecule has 1 aliphatic heterocycles. The summed E-state index contributed by atoms with van der Waals surface area (Å²) in [6.07, 6.45) is 8.72. The number of anilines is 1. The van der Waals surface area contributed by atoms with E-state index in [1.165, 1.54) is 31.8 Å². The number of hydrogen-bond acceptors (Lipinski definition) is 4. The Kier molecular flexibility index (Phi) is 8.41. The quantitative estimate of drug-likeness (QED) is 0.287. The highest BCUT2D eigenvalue weighted by Crippen LogP contribution is 2.24. The number of benzene rings is 2. The standard InChI is InChI=1S/C27H32N2O4/c1-4-5-6-7-8-9-16-33-23-14-11-21(12-15-23)18-24-25(30)28-27(32)29(26(24)31)22-13-10-19(2)20(3)17-22/h10-15,17-18H,4-9,16H2,1-3H3,(H,28,30,32)/b24-18-. The molecule has 0 radical (unpaired) electrons. The molecule has 4 amide bonds. The minimum atomic E-state index is -0.746. The predicted octanol–water partition coefficient (Wildman–Crippen LogP) is 5.71. The highest BCUT2D eigenvalue weighted by Gasteiger charge is 2.36. The van der Waals surface area contributed by atoms with Gasteiger partial charge in [0.25, 0.3) is 11.8 Å². The highest BCUT2D eigenvalue weighted by molar-refractivity contribution is 6.39. The zero-order chi connectivity index (χ0) is 23.8. The van der Waals surface area contributed by atoms with Crippen molar-refractivity contribution in [1.82, 2.24) is 5.32 Å². The third-order valence-electron chi connectivity index (χ3n) is 5.81. The number of nitrogens with one attached hydrogen (secondary N) is 1. The lowest BCUT2D eigenvalue weighted by Gasteiger charge is -2.26. The van der Waals surface area contributed by atoms with Crippen molar-refractivity contribution in [2.75, 3.05) is 11.5 Å². The van der Waals surface area contributed by atoms with Crippen molar-refractivity contribution in [2.24, 2.45) is 0 Å². The second-order valence-corrected chi connectivity index (χ2v) is 8.41. The molecule has 2 aromatic rings. The average Bonchev–Trinajstić information content (AvgIpc) is 2.79. The van der Waals surface area contributed by atoms with Gasteiger partial charge in [-0.05, 0) is 67.3 Å². The van der Waals surface area contributed by atoms with E-state index in [9.17, 15) is 14.4 Å². The molecule has 0 aromatic heterocycles. The number of nitrogens with zero attached hydrogens (tertiary/aromatic N) is 1. The van der Waals surface area contributed by atoms with Crippen LogP contribution < -0.4 is 15.0 Å². The number of aryl methyl sites for hydroxylation is 2. The summed E-state index contributed by atoms with van der Waals surface area (Å²) < 4.78 is 5.79. The van der Waals surface area contributed by atoms with Gasteiger partial charge in [-0.15, -0.1) is 0 Å². The second-order valence-electron chi connectivity index (χ2n) is 8.41. The zero-order valence-corrected chi connectivity index (χ0v) is 19.6. The lowest BCUT2D eigenvalue weighted by Crippen LogP contribution is -2.54. The van der Waals surface area contributed by atoms with Gasteiger partial charge < -0.3 is 4.74 Å². The molecule has 1 aliphatic rings. The van der Waals surface area contributed by atoms with Gasteiger partial charge in [-0.3, -0.25) is 14.9 Å². The van der Waals surface area contributed by atoms with E-state index in [-0.39, 0.29) is 5.57 Å². The topological polar surface area (TPSA) is 75.7 Å². The van der Waals surface area contributed by atoms with Crippen molar-refractivity contribution in [3.05, 3.63) is 64.7 Å². The largest absolute Gasteiger partial charge is 0.494 e. The first-order chi connectivity index (χ1) is 15.9. The van der Waals surface area contributed by atoms with E-state index in [0.29, 0.717) is 17.9 Å². The Balaban J connectivity index is 1.66. The van der Waals surface area contributed by atoms with Gasteiger partial charge in [-0.1, -0.05) is 57.2 Å². The Hall–Kier alpha value is -3.41. The molecule has 33 heavy (non-hydrogen) atoms. The maximum Gasteiger partial charge on any atom is 0.335 e. The first-order valence-corrected chi connectivity index (χ1v) is 11.6. The van der Waals surface area contributed by atoms with Crippen LogP contribution in [-0.4, -0.2) is 24.5 Å². The van der Waals surface area contributed by atoms with E-state index in [4.69, 9.17) is 4.74 Å². The van der Waals surface area contributed by atoms with Gasteiger partial charge in [0.1, 0.15) is 11.3 Å². The molecule has 0 saturated carbocycles. The number of unbranched alkanes of at least 4 members (excludes halogenated alkanes) is 5. The van der Waals surface area contributed by atoms with Gasteiger partial charge in [-0.2, -0.15) is 0 Å². The minimum absolute atomic E-state index is 0.0893. The highest BCUT2D eigenvalue weighted by atomic mass is 16.5. The van der Waals surface area contributed by atoms with Gasteiger partial charge in [0.2, 0.25) is 0 Å². The summed E-state index contributed by atoms with van der Waals surface area (Å²) in [7, 11) is 0. The lowest BCUT2D eigenvalue weighted by molar-refractivity contribution is -0.122. The summed E-state index contributed by atoms with van der Waals surface area (Å²) in [6, 6.07) is 11.8. The third-order valence-corrected chi connectivity index (χ3v) is 5.81. The zero-order valence-electron chi connectivity index (χ0n) is 19.6. The number of imide groups is 2. The van der Waals surface area contributed by atoms with Crippen molar-refractivity contribution in [3.8, 4) is 5.75 Å². The molecule has 1 heterocycles. The number of carbonyl (C=O) groups excluding carboxylic acids is 3. The molecule has 0 unspecified atom stereocenters. The fourth-order valence-electron chi connectivity index (χ4n) is 3.66. The molecule has 0 atom stereocenters. The van der Waals surface area contributed by atoms with Crippen LogP contribution in [0.5, 0.6) is 5.75 Å². The summed E-state index contributed by atoms with van der Waals surface area (Å²) in [4.78, 5) is 38.8. The number of amides is 4. The molecule has 1 saturated heterocycles. The first-order valence-electron chi connectivity index (χ1n) is 11.6. The van der Waals surface area contributed by atoms with E-state index < -0.39 is 17.8 Å². The van der Waals surface area contributed by atoms with Gasteiger partial charge in [0.15, 0.2) is 0 Å². The second kappa shape index (κ2) is 11.5. The maximum absolute atomic E-state index is 13.0. The number of ether oxygens (including phenoxy) is 1.